The maximum atomic E-state index is 12.8. The molecule has 0 heterocycles. The molecule has 0 aromatic heterocycles. The van der Waals surface area contributed by atoms with Gasteiger partial charge in [0.15, 0.2) is 11.5 Å². The van der Waals surface area contributed by atoms with Gasteiger partial charge in [0.05, 0.1) is 22.9 Å². The van der Waals surface area contributed by atoms with E-state index >= 15 is 0 Å². The van der Waals surface area contributed by atoms with Crippen molar-refractivity contribution in [3.05, 3.63) is 51.1 Å². The topological polar surface area (TPSA) is 47.6 Å². The summed E-state index contributed by atoms with van der Waals surface area (Å²) in [5.41, 5.74) is -0.511. The summed E-state index contributed by atoms with van der Waals surface area (Å²) in [5.74, 6) is 0.382. The number of hydrogen-bond acceptors (Lipinski definition) is 3. The molecule has 2 aromatic rings. The van der Waals surface area contributed by atoms with Gasteiger partial charge in [0, 0.05) is 11.3 Å². The van der Waals surface area contributed by atoms with E-state index in [4.69, 9.17) is 9.47 Å². The molecule has 2 rings (SSSR count). The van der Waals surface area contributed by atoms with Crippen LogP contribution in [0, 0.1) is 3.57 Å². The van der Waals surface area contributed by atoms with E-state index < -0.39 is 17.6 Å². The molecule has 0 aliphatic rings. The molecule has 140 valence electrons. The van der Waals surface area contributed by atoms with Crippen LogP contribution in [0.15, 0.2) is 36.4 Å². The lowest BCUT2D eigenvalue weighted by Gasteiger charge is -2.14. The zero-order chi connectivity index (χ0) is 19.3. The molecule has 1 amide bonds. The van der Waals surface area contributed by atoms with Gasteiger partial charge in [-0.2, -0.15) is 13.2 Å². The second-order valence-corrected chi connectivity index (χ2v) is 6.53. The molecule has 0 bridgehead atoms. The zero-order valence-corrected chi connectivity index (χ0v) is 16.3. The molecule has 0 aliphatic carbocycles. The van der Waals surface area contributed by atoms with Crippen LogP contribution in [0.1, 0.15) is 29.3 Å². The Hall–Kier alpha value is -1.97. The van der Waals surface area contributed by atoms with Crippen molar-refractivity contribution in [2.24, 2.45) is 0 Å². The van der Waals surface area contributed by atoms with Gasteiger partial charge < -0.3 is 14.8 Å². The van der Waals surface area contributed by atoms with E-state index in [0.29, 0.717) is 21.7 Å². The van der Waals surface area contributed by atoms with Gasteiger partial charge in [-0.15, -0.1) is 0 Å². The largest absolute Gasteiger partial charge is 0.493 e. The Morgan fingerprint density at radius 3 is 2.58 bits per heavy atom. The average molecular weight is 479 g/mol. The van der Waals surface area contributed by atoms with Crippen LogP contribution in [0.4, 0.5) is 18.9 Å². The third-order valence-corrected chi connectivity index (χ3v) is 4.19. The number of amides is 1. The normalized spacial score (nSPS) is 11.2. The number of carbonyl (C=O) groups excluding carboxylic acids is 1. The lowest BCUT2D eigenvalue weighted by Crippen LogP contribution is -2.14. The number of hydrogen-bond donors (Lipinski definition) is 1. The van der Waals surface area contributed by atoms with Crippen molar-refractivity contribution < 1.29 is 27.4 Å². The maximum Gasteiger partial charge on any atom is 0.416 e. The van der Waals surface area contributed by atoms with Crippen molar-refractivity contribution in [3.63, 3.8) is 0 Å². The first-order chi connectivity index (χ1) is 12.3. The van der Waals surface area contributed by atoms with Crippen LogP contribution in [0.25, 0.3) is 0 Å². The quantitative estimate of drug-likeness (QED) is 0.568. The number of nitrogens with one attached hydrogen (secondary N) is 1. The summed E-state index contributed by atoms with van der Waals surface area (Å²) in [6.45, 7) is 2.47. The minimum Gasteiger partial charge on any atom is -0.493 e. The van der Waals surface area contributed by atoms with Crippen LogP contribution in [0.2, 0.25) is 0 Å². The average Bonchev–Trinajstić information content (AvgIpc) is 2.59. The SMILES string of the molecule is CCCOc1c(I)cc(C(=O)Nc2cccc(C(F)(F)F)c2)cc1OC. The fourth-order valence-corrected chi connectivity index (χ4v) is 2.93. The van der Waals surface area contributed by atoms with Crippen molar-refractivity contribution in [2.45, 2.75) is 19.5 Å². The van der Waals surface area contributed by atoms with E-state index in [0.717, 1.165) is 18.6 Å². The molecule has 0 fully saturated rings. The summed E-state index contributed by atoms with van der Waals surface area (Å²) >= 11 is 2.02. The van der Waals surface area contributed by atoms with Crippen LogP contribution in [-0.4, -0.2) is 19.6 Å². The first-order valence-electron chi connectivity index (χ1n) is 7.75. The molecule has 2 aromatic carbocycles. The summed E-state index contributed by atoms with van der Waals surface area (Å²) in [5, 5.41) is 2.47. The van der Waals surface area contributed by atoms with Crippen molar-refractivity contribution in [1.82, 2.24) is 0 Å². The van der Waals surface area contributed by atoms with E-state index in [-0.39, 0.29) is 11.3 Å². The Bertz CT molecular complexity index is 794. The number of benzene rings is 2. The predicted octanol–water partition coefficient (Wildman–Crippen LogP) is 5.36. The third-order valence-electron chi connectivity index (χ3n) is 3.39. The molecule has 0 unspecified atom stereocenters. The van der Waals surface area contributed by atoms with E-state index in [2.05, 4.69) is 5.32 Å². The number of anilines is 1. The number of ether oxygens (including phenoxy) is 2. The highest BCUT2D eigenvalue weighted by molar-refractivity contribution is 14.1. The van der Waals surface area contributed by atoms with Gasteiger partial charge >= 0.3 is 6.18 Å². The van der Waals surface area contributed by atoms with Gasteiger partial charge in [-0.3, -0.25) is 4.79 Å². The van der Waals surface area contributed by atoms with Gasteiger partial charge in [-0.05, 0) is 59.3 Å². The second kappa shape index (κ2) is 8.61. The van der Waals surface area contributed by atoms with E-state index in [1.807, 2.05) is 29.5 Å². The number of halogens is 4. The smallest absolute Gasteiger partial charge is 0.416 e. The summed E-state index contributed by atoms with van der Waals surface area (Å²) in [6, 6.07) is 7.56. The predicted molar refractivity (Wildman–Crippen MR) is 101 cm³/mol. The minimum absolute atomic E-state index is 0.0603. The van der Waals surface area contributed by atoms with Gasteiger partial charge in [0.1, 0.15) is 0 Å². The Balaban J connectivity index is 2.26. The molecular formula is C18H17F3INO3. The first kappa shape index (κ1) is 20.3. The lowest BCUT2D eigenvalue weighted by atomic mass is 10.1. The van der Waals surface area contributed by atoms with Gasteiger partial charge in [0.25, 0.3) is 5.91 Å². The maximum absolute atomic E-state index is 12.8. The first-order valence-corrected chi connectivity index (χ1v) is 8.83. The van der Waals surface area contributed by atoms with Crippen LogP contribution in [0.3, 0.4) is 0 Å². The van der Waals surface area contributed by atoms with Gasteiger partial charge in [0.2, 0.25) is 0 Å². The van der Waals surface area contributed by atoms with Crippen LogP contribution < -0.4 is 14.8 Å². The van der Waals surface area contributed by atoms with Crippen LogP contribution >= 0.6 is 22.6 Å². The van der Waals surface area contributed by atoms with Crippen molar-refractivity contribution in [2.75, 3.05) is 19.0 Å². The Kier molecular flexibility index (Phi) is 6.74. The Labute approximate surface area is 162 Å². The molecule has 0 aliphatic heterocycles. The highest BCUT2D eigenvalue weighted by Crippen LogP contribution is 2.35. The third kappa shape index (κ3) is 5.03. The summed E-state index contributed by atoms with van der Waals surface area (Å²) in [7, 11) is 1.46. The van der Waals surface area contributed by atoms with Crippen molar-refractivity contribution >= 4 is 34.2 Å². The molecule has 0 atom stereocenters. The van der Waals surface area contributed by atoms with E-state index in [1.165, 1.54) is 25.3 Å². The summed E-state index contributed by atoms with van der Waals surface area (Å²) < 4.78 is 49.9. The molecule has 1 N–H and O–H groups in total. The molecule has 8 heteroatoms. The monoisotopic (exact) mass is 479 g/mol. The van der Waals surface area contributed by atoms with Crippen molar-refractivity contribution in [1.29, 1.82) is 0 Å². The minimum atomic E-state index is -4.47. The Morgan fingerprint density at radius 1 is 1.23 bits per heavy atom. The second-order valence-electron chi connectivity index (χ2n) is 5.37. The number of carbonyl (C=O) groups is 1. The Morgan fingerprint density at radius 2 is 1.96 bits per heavy atom. The number of methoxy groups -OCH3 is 1. The molecule has 4 nitrogen and oxygen atoms in total. The zero-order valence-electron chi connectivity index (χ0n) is 14.1. The van der Waals surface area contributed by atoms with Crippen molar-refractivity contribution in [3.8, 4) is 11.5 Å². The molecule has 0 spiro atoms. The fourth-order valence-electron chi connectivity index (χ4n) is 2.17. The van der Waals surface area contributed by atoms with Crippen LogP contribution in [-0.2, 0) is 6.18 Å². The molecular weight excluding hydrogens is 462 g/mol. The van der Waals surface area contributed by atoms with Gasteiger partial charge in [-0.1, -0.05) is 13.0 Å². The molecule has 0 saturated carbocycles. The number of rotatable bonds is 6. The standard InChI is InChI=1S/C18H17F3INO3/c1-3-7-26-16-14(22)8-11(9-15(16)25-2)17(24)23-13-6-4-5-12(10-13)18(19,20)21/h4-6,8-10H,3,7H2,1-2H3,(H,23,24). The van der Waals surface area contributed by atoms with E-state index in [1.54, 1.807) is 6.07 Å². The summed E-state index contributed by atoms with van der Waals surface area (Å²) in [6.07, 6.45) is -3.66. The molecule has 26 heavy (non-hydrogen) atoms. The molecule has 0 radical (unpaired) electrons. The van der Waals surface area contributed by atoms with Gasteiger partial charge in [-0.25, -0.2) is 0 Å². The highest BCUT2D eigenvalue weighted by atomic mass is 127. The lowest BCUT2D eigenvalue weighted by molar-refractivity contribution is -0.137. The van der Waals surface area contributed by atoms with E-state index in [9.17, 15) is 18.0 Å². The number of alkyl halides is 3. The molecule has 0 saturated heterocycles. The fraction of sp³-hybridized carbons (Fsp3) is 0.278. The van der Waals surface area contributed by atoms with Crippen LogP contribution in [0.5, 0.6) is 11.5 Å². The highest BCUT2D eigenvalue weighted by Gasteiger charge is 2.30. The summed E-state index contributed by atoms with van der Waals surface area (Å²) in [4.78, 5) is 12.4.